The van der Waals surface area contributed by atoms with Gasteiger partial charge in [0.1, 0.15) is 0 Å². The number of esters is 1. The van der Waals surface area contributed by atoms with Crippen LogP contribution in [0.3, 0.4) is 0 Å². The molecule has 26 heavy (non-hydrogen) atoms. The fourth-order valence-electron chi connectivity index (χ4n) is 3.28. The zero-order chi connectivity index (χ0) is 19.5. The van der Waals surface area contributed by atoms with E-state index < -0.39 is 0 Å². The van der Waals surface area contributed by atoms with Crippen molar-refractivity contribution in [1.29, 1.82) is 0 Å². The van der Waals surface area contributed by atoms with Gasteiger partial charge >= 0.3 is 5.97 Å². The molecule has 0 aliphatic carbocycles. The lowest BCUT2D eigenvalue weighted by molar-refractivity contribution is -0.139. The molecular formula is C24H46O2. The molecule has 0 aromatic rings. The summed E-state index contributed by atoms with van der Waals surface area (Å²) in [4.78, 5) is 12.2. The van der Waals surface area contributed by atoms with E-state index >= 15 is 0 Å². The predicted octanol–water partition coefficient (Wildman–Crippen LogP) is 8.15. The Bertz CT molecular complexity index is 357. The number of ether oxygens (including phenoxy) is 1. The van der Waals surface area contributed by atoms with Crippen LogP contribution in [-0.2, 0) is 9.53 Å². The van der Waals surface area contributed by atoms with E-state index in [2.05, 4.69) is 20.8 Å². The van der Waals surface area contributed by atoms with Crippen LogP contribution in [0.1, 0.15) is 130 Å². The Morgan fingerprint density at radius 1 is 0.615 bits per heavy atom. The first kappa shape index (κ1) is 25.2. The topological polar surface area (TPSA) is 26.3 Å². The molecule has 2 nitrogen and oxygen atoms in total. The maximum Gasteiger partial charge on any atom is 0.333 e. The Hall–Kier alpha value is -0.790. The molecule has 0 amide bonds. The van der Waals surface area contributed by atoms with E-state index in [4.69, 9.17) is 4.74 Å². The minimum Gasteiger partial charge on any atom is -0.462 e. The van der Waals surface area contributed by atoms with E-state index in [0.717, 1.165) is 31.3 Å². The van der Waals surface area contributed by atoms with E-state index in [0.29, 0.717) is 6.61 Å². The molecule has 0 aliphatic heterocycles. The van der Waals surface area contributed by atoms with Crippen molar-refractivity contribution in [2.75, 3.05) is 6.61 Å². The SMILES string of the molecule is CCCCCCCCCCCCC(CCCC)=C(C)C(=O)OCCCC. The molecule has 0 unspecified atom stereocenters. The highest BCUT2D eigenvalue weighted by Crippen LogP contribution is 2.21. The number of rotatable bonds is 18. The van der Waals surface area contributed by atoms with Crippen LogP contribution >= 0.6 is 0 Å². The van der Waals surface area contributed by atoms with Crippen molar-refractivity contribution in [2.45, 2.75) is 130 Å². The predicted molar refractivity (Wildman–Crippen MR) is 115 cm³/mol. The molecule has 0 aromatic carbocycles. The molecule has 0 saturated carbocycles. The quantitative estimate of drug-likeness (QED) is 0.139. The summed E-state index contributed by atoms with van der Waals surface area (Å²) in [5, 5.41) is 0. The van der Waals surface area contributed by atoms with Crippen LogP contribution < -0.4 is 0 Å². The maximum atomic E-state index is 12.2. The highest BCUT2D eigenvalue weighted by molar-refractivity contribution is 5.88. The van der Waals surface area contributed by atoms with Crippen LogP contribution in [0.25, 0.3) is 0 Å². The molecule has 0 bridgehead atoms. The van der Waals surface area contributed by atoms with E-state index in [9.17, 15) is 4.79 Å². The second-order valence-electron chi connectivity index (χ2n) is 7.75. The summed E-state index contributed by atoms with van der Waals surface area (Å²) in [6, 6.07) is 0. The van der Waals surface area contributed by atoms with Crippen LogP contribution in [0, 0.1) is 0 Å². The summed E-state index contributed by atoms with van der Waals surface area (Å²) >= 11 is 0. The molecule has 0 N–H and O–H groups in total. The second kappa shape index (κ2) is 19.0. The third-order valence-electron chi connectivity index (χ3n) is 5.23. The van der Waals surface area contributed by atoms with Gasteiger partial charge in [0, 0.05) is 5.57 Å². The number of hydrogen-bond donors (Lipinski definition) is 0. The van der Waals surface area contributed by atoms with Crippen molar-refractivity contribution in [3.8, 4) is 0 Å². The van der Waals surface area contributed by atoms with Gasteiger partial charge in [-0.2, -0.15) is 0 Å². The van der Waals surface area contributed by atoms with Crippen LogP contribution in [-0.4, -0.2) is 12.6 Å². The van der Waals surface area contributed by atoms with Gasteiger partial charge in [0.05, 0.1) is 6.61 Å². The standard InChI is InChI=1S/C24H46O2/c1-5-8-11-12-13-14-15-16-17-18-20-23(19-9-6-2)22(4)24(25)26-21-10-7-3/h5-21H2,1-4H3. The van der Waals surface area contributed by atoms with Gasteiger partial charge in [0.2, 0.25) is 0 Å². The van der Waals surface area contributed by atoms with Gasteiger partial charge in [0.15, 0.2) is 0 Å². The van der Waals surface area contributed by atoms with Gasteiger partial charge in [-0.3, -0.25) is 0 Å². The van der Waals surface area contributed by atoms with Crippen molar-refractivity contribution in [3.05, 3.63) is 11.1 Å². The summed E-state index contributed by atoms with van der Waals surface area (Å²) in [6.45, 7) is 9.14. The number of carbonyl (C=O) groups excluding carboxylic acids is 1. The fourth-order valence-corrected chi connectivity index (χ4v) is 3.28. The lowest BCUT2D eigenvalue weighted by Gasteiger charge is -2.12. The summed E-state index contributed by atoms with van der Waals surface area (Å²) in [5.41, 5.74) is 2.22. The third kappa shape index (κ3) is 14.4. The third-order valence-corrected chi connectivity index (χ3v) is 5.23. The molecule has 0 fully saturated rings. The molecule has 154 valence electrons. The minimum absolute atomic E-state index is 0.0865. The number of carbonyl (C=O) groups is 1. The molecule has 2 heteroatoms. The zero-order valence-electron chi connectivity index (χ0n) is 18.3. The molecule has 0 atom stereocenters. The molecule has 0 aliphatic rings. The monoisotopic (exact) mass is 366 g/mol. The van der Waals surface area contributed by atoms with Gasteiger partial charge < -0.3 is 4.74 Å². The molecule has 0 rings (SSSR count). The van der Waals surface area contributed by atoms with Crippen molar-refractivity contribution in [1.82, 2.24) is 0 Å². The first-order valence-electron chi connectivity index (χ1n) is 11.5. The average Bonchev–Trinajstić information content (AvgIpc) is 2.65. The lowest BCUT2D eigenvalue weighted by Crippen LogP contribution is -2.09. The van der Waals surface area contributed by atoms with E-state index in [-0.39, 0.29) is 5.97 Å². The molecule has 0 aromatic heterocycles. The number of hydrogen-bond acceptors (Lipinski definition) is 2. The molecular weight excluding hydrogens is 320 g/mol. The smallest absolute Gasteiger partial charge is 0.333 e. The Morgan fingerprint density at radius 2 is 1.08 bits per heavy atom. The Labute approximate surface area is 164 Å². The van der Waals surface area contributed by atoms with E-state index in [1.54, 1.807) is 0 Å². The largest absolute Gasteiger partial charge is 0.462 e. The van der Waals surface area contributed by atoms with Crippen LogP contribution in [0.4, 0.5) is 0 Å². The highest BCUT2D eigenvalue weighted by Gasteiger charge is 2.12. The summed E-state index contributed by atoms with van der Waals surface area (Å²) in [7, 11) is 0. The van der Waals surface area contributed by atoms with Gasteiger partial charge in [-0.25, -0.2) is 4.79 Å². The van der Waals surface area contributed by atoms with Crippen LogP contribution in [0.5, 0.6) is 0 Å². The van der Waals surface area contributed by atoms with Crippen molar-refractivity contribution >= 4 is 5.97 Å². The molecule has 0 heterocycles. The highest BCUT2D eigenvalue weighted by atomic mass is 16.5. The first-order chi connectivity index (χ1) is 12.7. The Morgan fingerprint density at radius 3 is 1.62 bits per heavy atom. The average molecular weight is 367 g/mol. The van der Waals surface area contributed by atoms with E-state index in [1.165, 1.54) is 82.6 Å². The van der Waals surface area contributed by atoms with Gasteiger partial charge in [0.25, 0.3) is 0 Å². The van der Waals surface area contributed by atoms with Crippen molar-refractivity contribution in [2.24, 2.45) is 0 Å². The summed E-state index contributed by atoms with van der Waals surface area (Å²) in [5.74, 6) is -0.0865. The minimum atomic E-state index is -0.0865. The first-order valence-corrected chi connectivity index (χ1v) is 11.5. The summed E-state index contributed by atoms with van der Waals surface area (Å²) in [6.07, 6.45) is 20.1. The van der Waals surface area contributed by atoms with Crippen molar-refractivity contribution in [3.63, 3.8) is 0 Å². The lowest BCUT2D eigenvalue weighted by atomic mass is 9.96. The summed E-state index contributed by atoms with van der Waals surface area (Å²) < 4.78 is 5.41. The van der Waals surface area contributed by atoms with E-state index in [1.807, 2.05) is 6.92 Å². The number of allylic oxidation sites excluding steroid dienone is 1. The molecule has 0 spiro atoms. The zero-order valence-corrected chi connectivity index (χ0v) is 18.3. The van der Waals surface area contributed by atoms with Gasteiger partial charge in [-0.15, -0.1) is 0 Å². The van der Waals surface area contributed by atoms with Crippen LogP contribution in [0.15, 0.2) is 11.1 Å². The Balaban J connectivity index is 4.05. The molecule has 0 radical (unpaired) electrons. The van der Waals surface area contributed by atoms with Gasteiger partial charge in [-0.05, 0) is 39.0 Å². The fraction of sp³-hybridized carbons (Fsp3) is 0.875. The second-order valence-corrected chi connectivity index (χ2v) is 7.75. The normalized spacial score (nSPS) is 12.2. The number of unbranched alkanes of at least 4 members (excludes halogenated alkanes) is 11. The maximum absolute atomic E-state index is 12.2. The Kier molecular flexibility index (Phi) is 18.4. The van der Waals surface area contributed by atoms with Crippen molar-refractivity contribution < 1.29 is 9.53 Å². The van der Waals surface area contributed by atoms with Crippen LogP contribution in [0.2, 0.25) is 0 Å². The van der Waals surface area contributed by atoms with Gasteiger partial charge in [-0.1, -0.05) is 97.0 Å². The molecule has 0 saturated heterocycles.